The van der Waals surface area contributed by atoms with Gasteiger partial charge in [-0.3, -0.25) is 0 Å². The second-order valence-corrected chi connectivity index (χ2v) is 3.16. The van der Waals surface area contributed by atoms with Gasteiger partial charge in [-0.15, -0.1) is 0 Å². The second-order valence-electron chi connectivity index (χ2n) is 3.16. The van der Waals surface area contributed by atoms with Crippen LogP contribution in [0.5, 0.6) is 0 Å². The summed E-state index contributed by atoms with van der Waals surface area (Å²) in [7, 11) is 0. The molecule has 0 bridgehead atoms. The van der Waals surface area contributed by atoms with Crippen molar-refractivity contribution < 1.29 is 8.78 Å². The Balaban J connectivity index is 2.21. The van der Waals surface area contributed by atoms with Crippen molar-refractivity contribution in [3.63, 3.8) is 0 Å². The summed E-state index contributed by atoms with van der Waals surface area (Å²) in [6.07, 6.45) is 6.11. The highest BCUT2D eigenvalue weighted by atomic mass is 19.1. The van der Waals surface area contributed by atoms with Crippen molar-refractivity contribution in [3.8, 4) is 0 Å². The SMILES string of the molecule is Fc1cc(C=Cc2ccnc(F)c2)ccn1. The standard InChI is InChI=1S/C12H8F2N2/c13-11-7-9(3-5-15-11)1-2-10-4-6-16-12(14)8-10/h1-8H. The van der Waals surface area contributed by atoms with Gasteiger partial charge in [0.25, 0.3) is 0 Å². The van der Waals surface area contributed by atoms with Gasteiger partial charge in [-0.2, -0.15) is 8.78 Å². The smallest absolute Gasteiger partial charge is 0.213 e. The van der Waals surface area contributed by atoms with E-state index in [4.69, 9.17) is 0 Å². The Morgan fingerprint density at radius 3 is 1.62 bits per heavy atom. The van der Waals surface area contributed by atoms with Crippen molar-refractivity contribution in [1.29, 1.82) is 0 Å². The number of rotatable bonds is 2. The molecule has 2 rings (SSSR count). The third-order valence-electron chi connectivity index (χ3n) is 1.97. The van der Waals surface area contributed by atoms with Crippen LogP contribution >= 0.6 is 0 Å². The number of aromatic nitrogens is 2. The lowest BCUT2D eigenvalue weighted by Crippen LogP contribution is -1.83. The summed E-state index contributed by atoms with van der Waals surface area (Å²) in [5.74, 6) is -1.08. The van der Waals surface area contributed by atoms with Crippen molar-refractivity contribution >= 4 is 12.2 Å². The topological polar surface area (TPSA) is 25.8 Å². The lowest BCUT2D eigenvalue weighted by atomic mass is 10.2. The van der Waals surface area contributed by atoms with Crippen LogP contribution < -0.4 is 0 Å². The first-order valence-corrected chi connectivity index (χ1v) is 4.65. The van der Waals surface area contributed by atoms with Crippen LogP contribution in [0.2, 0.25) is 0 Å². The van der Waals surface area contributed by atoms with Crippen molar-refractivity contribution in [3.05, 3.63) is 59.7 Å². The molecule has 0 atom stereocenters. The highest BCUT2D eigenvalue weighted by Gasteiger charge is 1.93. The molecular formula is C12H8F2N2. The van der Waals surface area contributed by atoms with E-state index < -0.39 is 11.9 Å². The molecule has 0 aliphatic carbocycles. The molecule has 4 heteroatoms. The molecule has 16 heavy (non-hydrogen) atoms. The molecule has 0 aliphatic heterocycles. The van der Waals surface area contributed by atoms with Crippen molar-refractivity contribution in [2.45, 2.75) is 0 Å². The lowest BCUT2D eigenvalue weighted by molar-refractivity contribution is 0.583. The van der Waals surface area contributed by atoms with Crippen LogP contribution in [0.1, 0.15) is 11.1 Å². The molecule has 0 saturated heterocycles. The lowest BCUT2D eigenvalue weighted by Gasteiger charge is -1.94. The Morgan fingerprint density at radius 1 is 0.812 bits per heavy atom. The zero-order valence-electron chi connectivity index (χ0n) is 8.27. The molecule has 0 unspecified atom stereocenters. The Bertz CT molecular complexity index is 476. The minimum absolute atomic E-state index is 0.539. The Hall–Kier alpha value is -2.10. The van der Waals surface area contributed by atoms with Crippen LogP contribution in [0.4, 0.5) is 8.78 Å². The third kappa shape index (κ3) is 2.70. The predicted octanol–water partition coefficient (Wildman–Crippen LogP) is 2.93. The molecule has 2 aromatic heterocycles. The van der Waals surface area contributed by atoms with E-state index in [2.05, 4.69) is 9.97 Å². The van der Waals surface area contributed by atoms with E-state index in [0.717, 1.165) is 0 Å². The summed E-state index contributed by atoms with van der Waals surface area (Å²) in [6, 6.07) is 5.93. The van der Waals surface area contributed by atoms with Gasteiger partial charge in [-0.05, 0) is 23.3 Å². The zero-order valence-corrected chi connectivity index (χ0v) is 8.27. The summed E-state index contributed by atoms with van der Waals surface area (Å²) in [5.41, 5.74) is 1.34. The molecule has 0 radical (unpaired) electrons. The maximum absolute atomic E-state index is 12.7. The molecule has 0 aromatic carbocycles. The fourth-order valence-corrected chi connectivity index (χ4v) is 1.23. The molecule has 0 amide bonds. The molecule has 2 aromatic rings. The normalized spacial score (nSPS) is 10.9. The maximum Gasteiger partial charge on any atom is 0.213 e. The molecule has 0 saturated carbocycles. The Labute approximate surface area is 91.3 Å². The summed E-state index contributed by atoms with van der Waals surface area (Å²) in [4.78, 5) is 6.88. The van der Waals surface area contributed by atoms with Gasteiger partial charge in [-0.25, -0.2) is 9.97 Å². The van der Waals surface area contributed by atoms with Crippen LogP contribution in [0.15, 0.2) is 36.7 Å². The van der Waals surface area contributed by atoms with Crippen LogP contribution in [-0.2, 0) is 0 Å². The largest absolute Gasteiger partial charge is 0.228 e. The van der Waals surface area contributed by atoms with Crippen LogP contribution in [0.25, 0.3) is 12.2 Å². The highest BCUT2D eigenvalue weighted by molar-refractivity contribution is 5.69. The fraction of sp³-hybridized carbons (Fsp3) is 0. The van der Waals surface area contributed by atoms with E-state index in [-0.39, 0.29) is 0 Å². The number of hydrogen-bond acceptors (Lipinski definition) is 2. The average Bonchev–Trinajstić information content (AvgIpc) is 2.27. The Morgan fingerprint density at radius 2 is 1.25 bits per heavy atom. The molecular weight excluding hydrogens is 210 g/mol. The maximum atomic E-state index is 12.7. The molecule has 0 spiro atoms. The number of nitrogens with zero attached hydrogens (tertiary/aromatic N) is 2. The van der Waals surface area contributed by atoms with Crippen LogP contribution in [0.3, 0.4) is 0 Å². The van der Waals surface area contributed by atoms with Gasteiger partial charge in [0.05, 0.1) is 0 Å². The first-order valence-electron chi connectivity index (χ1n) is 4.65. The fourth-order valence-electron chi connectivity index (χ4n) is 1.23. The zero-order chi connectivity index (χ0) is 11.4. The minimum Gasteiger partial charge on any atom is -0.228 e. The average molecular weight is 218 g/mol. The van der Waals surface area contributed by atoms with E-state index in [0.29, 0.717) is 11.1 Å². The van der Waals surface area contributed by atoms with E-state index >= 15 is 0 Å². The predicted molar refractivity (Wildman–Crippen MR) is 57.3 cm³/mol. The van der Waals surface area contributed by atoms with Crippen molar-refractivity contribution in [1.82, 2.24) is 9.97 Å². The first kappa shape index (κ1) is 10.4. The minimum atomic E-state index is -0.539. The van der Waals surface area contributed by atoms with E-state index in [1.165, 1.54) is 24.5 Å². The number of hydrogen-bond donors (Lipinski definition) is 0. The number of halogens is 2. The summed E-state index contributed by atoms with van der Waals surface area (Å²) in [5, 5.41) is 0. The first-order chi connectivity index (χ1) is 7.74. The van der Waals surface area contributed by atoms with Gasteiger partial charge in [0.2, 0.25) is 11.9 Å². The molecule has 2 nitrogen and oxygen atoms in total. The summed E-state index contributed by atoms with van der Waals surface area (Å²) in [6.45, 7) is 0. The molecule has 0 N–H and O–H groups in total. The molecule has 0 aliphatic rings. The second kappa shape index (κ2) is 4.61. The van der Waals surface area contributed by atoms with Gasteiger partial charge in [-0.1, -0.05) is 12.2 Å². The molecule has 2 heterocycles. The highest BCUT2D eigenvalue weighted by Crippen LogP contribution is 2.08. The van der Waals surface area contributed by atoms with Gasteiger partial charge >= 0.3 is 0 Å². The van der Waals surface area contributed by atoms with E-state index in [9.17, 15) is 8.78 Å². The van der Waals surface area contributed by atoms with Gasteiger partial charge in [0.1, 0.15) is 0 Å². The molecule has 0 fully saturated rings. The van der Waals surface area contributed by atoms with Crippen LogP contribution in [0, 0.1) is 11.9 Å². The third-order valence-corrected chi connectivity index (χ3v) is 1.97. The van der Waals surface area contributed by atoms with E-state index in [1.54, 1.807) is 24.3 Å². The molecule has 80 valence electrons. The quantitative estimate of drug-likeness (QED) is 0.724. The monoisotopic (exact) mass is 218 g/mol. The van der Waals surface area contributed by atoms with Crippen LogP contribution in [-0.4, -0.2) is 9.97 Å². The van der Waals surface area contributed by atoms with Gasteiger partial charge < -0.3 is 0 Å². The van der Waals surface area contributed by atoms with Crippen molar-refractivity contribution in [2.75, 3.05) is 0 Å². The van der Waals surface area contributed by atoms with Gasteiger partial charge in [0, 0.05) is 24.5 Å². The summed E-state index contributed by atoms with van der Waals surface area (Å²) < 4.78 is 25.5. The van der Waals surface area contributed by atoms with Crippen molar-refractivity contribution in [2.24, 2.45) is 0 Å². The number of pyridine rings is 2. The van der Waals surface area contributed by atoms with E-state index in [1.807, 2.05) is 0 Å². The summed E-state index contributed by atoms with van der Waals surface area (Å²) >= 11 is 0. The Kier molecular flexibility index (Phi) is 3.00. The van der Waals surface area contributed by atoms with Gasteiger partial charge in [0.15, 0.2) is 0 Å².